The maximum Gasteiger partial charge on any atom is 0.220 e. The van der Waals surface area contributed by atoms with Crippen molar-refractivity contribution in [3.8, 4) is 5.75 Å². The molecule has 1 aliphatic rings. The lowest BCUT2D eigenvalue weighted by atomic mass is 10.1. The molecule has 2 rings (SSSR count). The Balaban J connectivity index is 1.91. The average Bonchev–Trinajstić information content (AvgIpc) is 2.53. The van der Waals surface area contributed by atoms with Crippen molar-refractivity contribution in [2.45, 2.75) is 25.4 Å². The number of hydrogen-bond donors (Lipinski definition) is 3. The van der Waals surface area contributed by atoms with Crippen LogP contribution >= 0.6 is 15.9 Å². The Morgan fingerprint density at radius 2 is 2.36 bits per heavy atom. The van der Waals surface area contributed by atoms with Crippen LogP contribution in [0.25, 0.3) is 0 Å². The van der Waals surface area contributed by atoms with Gasteiger partial charge in [-0.3, -0.25) is 9.79 Å². The molecule has 1 amide bonds. The Morgan fingerprint density at radius 3 is 3.00 bits per heavy atom. The highest BCUT2D eigenvalue weighted by atomic mass is 79.9. The van der Waals surface area contributed by atoms with Crippen LogP contribution in [0.4, 0.5) is 0 Å². The van der Waals surface area contributed by atoms with Crippen LogP contribution in [-0.4, -0.2) is 38.6 Å². The molecule has 0 bridgehead atoms. The lowest BCUT2D eigenvalue weighted by Gasteiger charge is -2.25. The second-order valence-electron chi connectivity index (χ2n) is 5.07. The van der Waals surface area contributed by atoms with Crippen molar-refractivity contribution in [1.29, 1.82) is 0 Å². The van der Waals surface area contributed by atoms with E-state index in [1.165, 1.54) is 0 Å². The van der Waals surface area contributed by atoms with Crippen LogP contribution < -0.4 is 20.7 Å². The first-order valence-corrected chi connectivity index (χ1v) is 7.98. The summed E-state index contributed by atoms with van der Waals surface area (Å²) in [7, 11) is 3.39. The molecule has 1 heterocycles. The summed E-state index contributed by atoms with van der Waals surface area (Å²) in [5.41, 5.74) is 1.04. The molecule has 0 radical (unpaired) electrons. The Kier molecular flexibility index (Phi) is 6.06. The molecule has 1 aromatic carbocycles. The summed E-state index contributed by atoms with van der Waals surface area (Å²) in [5, 5.41) is 9.44. The lowest BCUT2D eigenvalue weighted by molar-refractivity contribution is -0.122. The van der Waals surface area contributed by atoms with E-state index in [1.54, 1.807) is 14.2 Å². The van der Waals surface area contributed by atoms with E-state index < -0.39 is 0 Å². The fourth-order valence-corrected chi connectivity index (χ4v) is 2.72. The van der Waals surface area contributed by atoms with Gasteiger partial charge in [-0.05, 0) is 24.6 Å². The SMILES string of the molecule is CN=C(NCc1cc(Br)ccc1OC)NC1CCC(=O)NC1. The van der Waals surface area contributed by atoms with Crippen molar-refractivity contribution in [3.63, 3.8) is 0 Å². The van der Waals surface area contributed by atoms with Gasteiger partial charge in [-0.25, -0.2) is 0 Å². The molecule has 22 heavy (non-hydrogen) atoms. The number of ether oxygens (including phenoxy) is 1. The van der Waals surface area contributed by atoms with Crippen LogP contribution in [0.5, 0.6) is 5.75 Å². The summed E-state index contributed by atoms with van der Waals surface area (Å²) in [6.45, 7) is 1.22. The van der Waals surface area contributed by atoms with Gasteiger partial charge in [-0.15, -0.1) is 0 Å². The number of aliphatic imine (C=N–C) groups is 1. The lowest BCUT2D eigenvalue weighted by Crippen LogP contribution is -2.51. The third-order valence-corrected chi connectivity index (χ3v) is 4.01. The highest BCUT2D eigenvalue weighted by molar-refractivity contribution is 9.10. The highest BCUT2D eigenvalue weighted by Gasteiger charge is 2.18. The number of carbonyl (C=O) groups is 1. The van der Waals surface area contributed by atoms with Crippen LogP contribution in [0.1, 0.15) is 18.4 Å². The van der Waals surface area contributed by atoms with Crippen molar-refractivity contribution in [1.82, 2.24) is 16.0 Å². The van der Waals surface area contributed by atoms with Gasteiger partial charge < -0.3 is 20.7 Å². The molecule has 3 N–H and O–H groups in total. The van der Waals surface area contributed by atoms with E-state index in [1.807, 2.05) is 18.2 Å². The van der Waals surface area contributed by atoms with Crippen molar-refractivity contribution >= 4 is 27.8 Å². The van der Waals surface area contributed by atoms with Crippen molar-refractivity contribution in [3.05, 3.63) is 28.2 Å². The monoisotopic (exact) mass is 368 g/mol. The Hall–Kier alpha value is -1.76. The topological polar surface area (TPSA) is 74.8 Å². The highest BCUT2D eigenvalue weighted by Crippen LogP contribution is 2.22. The van der Waals surface area contributed by atoms with Crippen molar-refractivity contribution < 1.29 is 9.53 Å². The summed E-state index contributed by atoms with van der Waals surface area (Å²) in [6.07, 6.45) is 1.36. The fourth-order valence-electron chi connectivity index (χ4n) is 2.31. The van der Waals surface area contributed by atoms with E-state index in [-0.39, 0.29) is 11.9 Å². The number of benzene rings is 1. The van der Waals surface area contributed by atoms with E-state index >= 15 is 0 Å². The third-order valence-electron chi connectivity index (χ3n) is 3.52. The van der Waals surface area contributed by atoms with E-state index in [9.17, 15) is 4.79 Å². The number of methoxy groups -OCH3 is 1. The van der Waals surface area contributed by atoms with Gasteiger partial charge in [-0.2, -0.15) is 0 Å². The molecule has 1 aliphatic heterocycles. The van der Waals surface area contributed by atoms with Gasteiger partial charge in [-0.1, -0.05) is 15.9 Å². The number of amides is 1. The first kappa shape index (κ1) is 16.6. The van der Waals surface area contributed by atoms with E-state index in [0.29, 0.717) is 25.5 Å². The molecule has 1 saturated heterocycles. The molecule has 0 aromatic heterocycles. The first-order chi connectivity index (χ1) is 10.6. The fraction of sp³-hybridized carbons (Fsp3) is 0.467. The van der Waals surface area contributed by atoms with Gasteiger partial charge in [0.1, 0.15) is 5.75 Å². The van der Waals surface area contributed by atoms with Crippen molar-refractivity contribution in [2.24, 2.45) is 4.99 Å². The minimum Gasteiger partial charge on any atom is -0.496 e. The summed E-state index contributed by atoms with van der Waals surface area (Å²) in [6, 6.07) is 6.09. The smallest absolute Gasteiger partial charge is 0.220 e. The Morgan fingerprint density at radius 1 is 1.55 bits per heavy atom. The number of halogens is 1. The second kappa shape index (κ2) is 8.03. The number of rotatable bonds is 4. The summed E-state index contributed by atoms with van der Waals surface area (Å²) in [5.74, 6) is 1.65. The van der Waals surface area contributed by atoms with Gasteiger partial charge >= 0.3 is 0 Å². The molecule has 1 fully saturated rings. The molecule has 1 aromatic rings. The second-order valence-corrected chi connectivity index (χ2v) is 5.98. The number of nitrogens with zero attached hydrogens (tertiary/aromatic N) is 1. The zero-order chi connectivity index (χ0) is 15.9. The first-order valence-electron chi connectivity index (χ1n) is 7.18. The predicted octanol–water partition coefficient (Wildman–Crippen LogP) is 1.40. The third kappa shape index (κ3) is 4.62. The van der Waals surface area contributed by atoms with Gasteiger partial charge in [0, 0.05) is 42.6 Å². The number of guanidine groups is 1. The largest absolute Gasteiger partial charge is 0.496 e. The molecule has 1 atom stereocenters. The van der Waals surface area contributed by atoms with E-state index in [4.69, 9.17) is 4.74 Å². The molecule has 120 valence electrons. The molecule has 6 nitrogen and oxygen atoms in total. The Bertz CT molecular complexity index is 552. The Labute approximate surface area is 138 Å². The van der Waals surface area contributed by atoms with E-state index in [0.717, 1.165) is 22.2 Å². The summed E-state index contributed by atoms with van der Waals surface area (Å²) < 4.78 is 6.36. The van der Waals surface area contributed by atoms with Gasteiger partial charge in [0.15, 0.2) is 5.96 Å². The van der Waals surface area contributed by atoms with Crippen molar-refractivity contribution in [2.75, 3.05) is 20.7 Å². The van der Waals surface area contributed by atoms with Gasteiger partial charge in [0.25, 0.3) is 0 Å². The van der Waals surface area contributed by atoms with Crippen LogP contribution in [0.15, 0.2) is 27.7 Å². The number of nitrogens with one attached hydrogen (secondary N) is 3. The van der Waals surface area contributed by atoms with E-state index in [2.05, 4.69) is 36.9 Å². The van der Waals surface area contributed by atoms with Crippen LogP contribution in [0.2, 0.25) is 0 Å². The quantitative estimate of drug-likeness (QED) is 0.554. The molecule has 0 spiro atoms. The normalized spacial score (nSPS) is 18.6. The average molecular weight is 369 g/mol. The summed E-state index contributed by atoms with van der Waals surface area (Å²) in [4.78, 5) is 15.4. The molecule has 1 unspecified atom stereocenters. The summed E-state index contributed by atoms with van der Waals surface area (Å²) >= 11 is 3.47. The number of hydrogen-bond acceptors (Lipinski definition) is 3. The molecular weight excluding hydrogens is 348 g/mol. The number of piperidine rings is 1. The maximum absolute atomic E-state index is 11.2. The van der Waals surface area contributed by atoms with Crippen LogP contribution in [-0.2, 0) is 11.3 Å². The maximum atomic E-state index is 11.2. The minimum absolute atomic E-state index is 0.111. The zero-order valence-electron chi connectivity index (χ0n) is 12.8. The van der Waals surface area contributed by atoms with Crippen LogP contribution in [0, 0.1) is 0 Å². The van der Waals surface area contributed by atoms with Gasteiger partial charge in [0.2, 0.25) is 5.91 Å². The standard InChI is InChI=1S/C15H21BrN4O2/c1-17-15(20-12-4-6-14(21)18-9-12)19-8-10-7-11(16)3-5-13(10)22-2/h3,5,7,12H,4,6,8-9H2,1-2H3,(H,18,21)(H2,17,19,20). The number of carbonyl (C=O) groups excluding carboxylic acids is 1. The molecule has 7 heteroatoms. The molecular formula is C15H21BrN4O2. The zero-order valence-corrected chi connectivity index (χ0v) is 14.4. The molecule has 0 aliphatic carbocycles. The van der Waals surface area contributed by atoms with Gasteiger partial charge in [0.05, 0.1) is 7.11 Å². The predicted molar refractivity (Wildman–Crippen MR) is 90.1 cm³/mol. The molecule has 0 saturated carbocycles. The minimum atomic E-state index is 0.111. The van der Waals surface area contributed by atoms with Crippen LogP contribution in [0.3, 0.4) is 0 Å².